The number of aryl methyl sites for hydroxylation is 1. The number of rotatable bonds is 4. The van der Waals surface area contributed by atoms with E-state index in [0.29, 0.717) is 38.0 Å². The minimum absolute atomic E-state index is 0.0103. The Morgan fingerprint density at radius 3 is 2.59 bits per heavy atom. The minimum atomic E-state index is -0.344. The lowest BCUT2D eigenvalue weighted by Gasteiger charge is -2.39. The summed E-state index contributed by atoms with van der Waals surface area (Å²) >= 11 is 0. The summed E-state index contributed by atoms with van der Waals surface area (Å²) in [4.78, 5) is 28.6. The van der Waals surface area contributed by atoms with Gasteiger partial charge in [0, 0.05) is 31.7 Å². The normalized spacial score (nSPS) is 21.2. The molecule has 27 heavy (non-hydrogen) atoms. The monoisotopic (exact) mass is 373 g/mol. The maximum atomic E-state index is 12.6. The highest BCUT2D eigenvalue weighted by atomic mass is 16.6. The lowest BCUT2D eigenvalue weighted by molar-refractivity contribution is -0.134. The first kappa shape index (κ1) is 19.7. The van der Waals surface area contributed by atoms with Crippen LogP contribution in [0, 0.1) is 6.92 Å². The molecule has 0 aromatic heterocycles. The molecule has 0 bridgehead atoms. The van der Waals surface area contributed by atoms with Crippen LogP contribution in [-0.4, -0.2) is 60.1 Å². The summed E-state index contributed by atoms with van der Waals surface area (Å²) in [6.45, 7) is 5.86. The van der Waals surface area contributed by atoms with Crippen LogP contribution in [0.2, 0.25) is 0 Å². The van der Waals surface area contributed by atoms with E-state index in [4.69, 9.17) is 4.74 Å². The van der Waals surface area contributed by atoms with Crippen molar-refractivity contribution in [2.75, 3.05) is 26.2 Å². The zero-order valence-corrected chi connectivity index (χ0v) is 16.4. The number of amides is 2. The predicted octanol–water partition coefficient (Wildman–Crippen LogP) is 2.95. The highest BCUT2D eigenvalue weighted by Crippen LogP contribution is 2.19. The highest BCUT2D eigenvalue weighted by molar-refractivity contribution is 5.79. The molecule has 1 aromatic rings. The third-order valence-electron chi connectivity index (χ3n) is 5.64. The molecule has 6 nitrogen and oxygen atoms in total. The van der Waals surface area contributed by atoms with Crippen molar-refractivity contribution in [3.05, 3.63) is 29.8 Å². The molecule has 1 N–H and O–H groups in total. The summed E-state index contributed by atoms with van der Waals surface area (Å²) in [5.74, 6) is 0.713. The van der Waals surface area contributed by atoms with Gasteiger partial charge in [-0.25, -0.2) is 4.79 Å². The first-order valence-corrected chi connectivity index (χ1v) is 10.1. The van der Waals surface area contributed by atoms with E-state index in [2.05, 4.69) is 5.32 Å². The number of benzene rings is 1. The Balaban J connectivity index is 1.47. The number of carbonyl (C=O) groups excluding carboxylic acids is 2. The molecule has 1 atom stereocenters. The van der Waals surface area contributed by atoms with Crippen LogP contribution in [0.3, 0.4) is 0 Å². The molecule has 1 aromatic carbocycles. The fraction of sp³-hybridized carbons (Fsp3) is 0.619. The number of ether oxygens (including phenoxy) is 1. The van der Waals surface area contributed by atoms with E-state index in [1.807, 2.05) is 36.9 Å². The molecule has 2 fully saturated rings. The standard InChI is InChI=1S/C21H31N3O3/c1-16-8-6-7-11-19(16)27-21(26)23-12-13-24(17(2)15-23)20(25)14-22-18-9-4-3-5-10-18/h6-8,11,17-18,22H,3-5,9-10,12-15H2,1-2H3/t17-/m1/s1. The Labute approximate surface area is 161 Å². The fourth-order valence-corrected chi connectivity index (χ4v) is 3.96. The summed E-state index contributed by atoms with van der Waals surface area (Å²) < 4.78 is 5.53. The highest BCUT2D eigenvalue weighted by Gasteiger charge is 2.31. The second-order valence-electron chi connectivity index (χ2n) is 7.73. The SMILES string of the molecule is Cc1ccccc1OC(=O)N1CCN(C(=O)CNC2CCCCC2)[C@H](C)C1. The van der Waals surface area contributed by atoms with Gasteiger partial charge < -0.3 is 19.9 Å². The molecule has 2 amide bonds. The number of carbonyl (C=O) groups is 2. The first-order chi connectivity index (χ1) is 13.0. The Morgan fingerprint density at radius 1 is 1.15 bits per heavy atom. The molecule has 0 spiro atoms. The van der Waals surface area contributed by atoms with Gasteiger partial charge in [0.2, 0.25) is 5.91 Å². The minimum Gasteiger partial charge on any atom is -0.410 e. The van der Waals surface area contributed by atoms with Gasteiger partial charge in [0.25, 0.3) is 0 Å². The van der Waals surface area contributed by atoms with Crippen molar-refractivity contribution in [3.63, 3.8) is 0 Å². The van der Waals surface area contributed by atoms with Crippen LogP contribution in [0.1, 0.15) is 44.6 Å². The van der Waals surface area contributed by atoms with Crippen LogP contribution in [0.15, 0.2) is 24.3 Å². The number of para-hydroxylation sites is 1. The zero-order valence-electron chi connectivity index (χ0n) is 16.4. The quantitative estimate of drug-likeness (QED) is 0.881. The van der Waals surface area contributed by atoms with E-state index in [9.17, 15) is 9.59 Å². The topological polar surface area (TPSA) is 61.9 Å². The van der Waals surface area contributed by atoms with Crippen LogP contribution in [-0.2, 0) is 4.79 Å². The number of hydrogen-bond acceptors (Lipinski definition) is 4. The van der Waals surface area contributed by atoms with Crippen LogP contribution in [0.4, 0.5) is 4.79 Å². The van der Waals surface area contributed by atoms with Gasteiger partial charge in [-0.2, -0.15) is 0 Å². The van der Waals surface area contributed by atoms with Gasteiger partial charge in [-0.3, -0.25) is 4.79 Å². The van der Waals surface area contributed by atoms with Gasteiger partial charge in [0.15, 0.2) is 0 Å². The Hall–Kier alpha value is -2.08. The third kappa shape index (κ3) is 5.22. The lowest BCUT2D eigenvalue weighted by Crippen LogP contribution is -2.57. The van der Waals surface area contributed by atoms with E-state index in [1.165, 1.54) is 32.1 Å². The van der Waals surface area contributed by atoms with Crippen LogP contribution < -0.4 is 10.1 Å². The van der Waals surface area contributed by atoms with Gasteiger partial charge in [0.1, 0.15) is 5.75 Å². The molecule has 1 saturated carbocycles. The number of nitrogens with zero attached hydrogens (tertiary/aromatic N) is 2. The van der Waals surface area contributed by atoms with Crippen molar-refractivity contribution >= 4 is 12.0 Å². The van der Waals surface area contributed by atoms with E-state index < -0.39 is 0 Å². The summed E-state index contributed by atoms with van der Waals surface area (Å²) in [6, 6.07) is 7.95. The molecule has 3 rings (SSSR count). The lowest BCUT2D eigenvalue weighted by atomic mass is 9.95. The Kier molecular flexibility index (Phi) is 6.72. The fourth-order valence-electron chi connectivity index (χ4n) is 3.96. The van der Waals surface area contributed by atoms with Gasteiger partial charge in [-0.1, -0.05) is 37.5 Å². The van der Waals surface area contributed by atoms with Gasteiger partial charge in [-0.05, 0) is 38.3 Å². The smallest absolute Gasteiger partial charge is 0.410 e. The Bertz CT molecular complexity index is 658. The van der Waals surface area contributed by atoms with Crippen LogP contribution in [0.25, 0.3) is 0 Å². The molecule has 0 radical (unpaired) electrons. The maximum Gasteiger partial charge on any atom is 0.415 e. The van der Waals surface area contributed by atoms with E-state index >= 15 is 0 Å². The number of nitrogens with one attached hydrogen (secondary N) is 1. The second-order valence-corrected chi connectivity index (χ2v) is 7.73. The van der Waals surface area contributed by atoms with Crippen molar-refractivity contribution in [3.8, 4) is 5.75 Å². The van der Waals surface area contributed by atoms with E-state index in [-0.39, 0.29) is 18.0 Å². The molecule has 6 heteroatoms. The average molecular weight is 373 g/mol. The largest absolute Gasteiger partial charge is 0.415 e. The summed E-state index contributed by atoms with van der Waals surface area (Å²) in [7, 11) is 0. The predicted molar refractivity (Wildman–Crippen MR) is 105 cm³/mol. The van der Waals surface area contributed by atoms with Crippen LogP contribution in [0.5, 0.6) is 5.75 Å². The van der Waals surface area contributed by atoms with Gasteiger partial charge in [0.05, 0.1) is 6.54 Å². The first-order valence-electron chi connectivity index (χ1n) is 10.1. The molecule has 0 unspecified atom stereocenters. The van der Waals surface area contributed by atoms with Crippen molar-refractivity contribution in [1.82, 2.24) is 15.1 Å². The molecule has 1 aliphatic heterocycles. The molecule has 148 valence electrons. The summed E-state index contributed by atoms with van der Waals surface area (Å²) in [6.07, 6.45) is 5.81. The third-order valence-corrected chi connectivity index (χ3v) is 5.64. The molecule has 1 heterocycles. The zero-order chi connectivity index (χ0) is 19.2. The number of hydrogen-bond donors (Lipinski definition) is 1. The summed E-state index contributed by atoms with van der Waals surface area (Å²) in [5, 5.41) is 3.42. The van der Waals surface area contributed by atoms with E-state index in [0.717, 1.165) is 5.56 Å². The summed E-state index contributed by atoms with van der Waals surface area (Å²) in [5.41, 5.74) is 0.932. The van der Waals surface area contributed by atoms with Crippen molar-refractivity contribution < 1.29 is 14.3 Å². The van der Waals surface area contributed by atoms with Crippen LogP contribution >= 0.6 is 0 Å². The number of piperazine rings is 1. The second kappa shape index (κ2) is 9.22. The molecule has 1 saturated heterocycles. The average Bonchev–Trinajstić information content (AvgIpc) is 2.68. The van der Waals surface area contributed by atoms with Crippen molar-refractivity contribution in [1.29, 1.82) is 0 Å². The molecule has 1 aliphatic carbocycles. The van der Waals surface area contributed by atoms with Gasteiger partial charge in [-0.15, -0.1) is 0 Å². The Morgan fingerprint density at radius 2 is 1.89 bits per heavy atom. The molecular weight excluding hydrogens is 342 g/mol. The van der Waals surface area contributed by atoms with Crippen molar-refractivity contribution in [2.45, 2.75) is 58.0 Å². The van der Waals surface area contributed by atoms with E-state index in [1.54, 1.807) is 11.0 Å². The van der Waals surface area contributed by atoms with Gasteiger partial charge >= 0.3 is 6.09 Å². The molecular formula is C21H31N3O3. The molecule has 2 aliphatic rings. The maximum absolute atomic E-state index is 12.6. The van der Waals surface area contributed by atoms with Crippen molar-refractivity contribution in [2.24, 2.45) is 0 Å².